The molecule has 1 aliphatic heterocycles. The van der Waals surface area contributed by atoms with Gasteiger partial charge in [0.25, 0.3) is 0 Å². The summed E-state index contributed by atoms with van der Waals surface area (Å²) in [5.41, 5.74) is 3.15. The Morgan fingerprint density at radius 2 is 1.64 bits per heavy atom. The van der Waals surface area contributed by atoms with Crippen molar-refractivity contribution in [2.45, 2.75) is 44.7 Å². The zero-order chi connectivity index (χ0) is 17.7. The summed E-state index contributed by atoms with van der Waals surface area (Å²) in [6, 6.07) is 22.5. The summed E-state index contributed by atoms with van der Waals surface area (Å²) in [5, 5.41) is 3.68. The highest BCUT2D eigenvalue weighted by molar-refractivity contribution is 5.28. The van der Waals surface area contributed by atoms with Crippen LogP contribution in [0.25, 0.3) is 0 Å². The summed E-state index contributed by atoms with van der Waals surface area (Å²) >= 11 is 0. The topological polar surface area (TPSA) is 15.3 Å². The van der Waals surface area contributed by atoms with Gasteiger partial charge in [-0.15, -0.1) is 0 Å². The van der Waals surface area contributed by atoms with E-state index in [2.05, 4.69) is 91.8 Å². The van der Waals surface area contributed by atoms with Crippen molar-refractivity contribution in [3.63, 3.8) is 0 Å². The van der Waals surface area contributed by atoms with Crippen molar-refractivity contribution in [1.29, 1.82) is 0 Å². The minimum absolute atomic E-state index is 0.275. The molecule has 1 saturated heterocycles. The fourth-order valence-corrected chi connectivity index (χ4v) is 4.48. The quantitative estimate of drug-likeness (QED) is 0.783. The highest BCUT2D eigenvalue weighted by Gasteiger charge is 2.43. The van der Waals surface area contributed by atoms with Crippen LogP contribution >= 0.6 is 0 Å². The van der Waals surface area contributed by atoms with Gasteiger partial charge in [-0.3, -0.25) is 0 Å². The smallest absolute Gasteiger partial charge is 0.0205 e. The van der Waals surface area contributed by atoms with E-state index in [0.717, 1.165) is 13.1 Å². The lowest BCUT2D eigenvalue weighted by atomic mass is 9.63. The summed E-state index contributed by atoms with van der Waals surface area (Å²) in [4.78, 5) is 2.52. The van der Waals surface area contributed by atoms with Crippen molar-refractivity contribution in [1.82, 2.24) is 10.2 Å². The van der Waals surface area contributed by atoms with Crippen molar-refractivity contribution >= 4 is 0 Å². The first-order valence-corrected chi connectivity index (χ1v) is 9.62. The average Bonchev–Trinajstić information content (AvgIpc) is 2.64. The third-order valence-electron chi connectivity index (χ3n) is 6.19. The van der Waals surface area contributed by atoms with Gasteiger partial charge in [0.1, 0.15) is 0 Å². The molecule has 2 aromatic rings. The van der Waals surface area contributed by atoms with E-state index >= 15 is 0 Å². The Kier molecular flexibility index (Phi) is 5.93. The highest BCUT2D eigenvalue weighted by Crippen LogP contribution is 2.44. The normalized spacial score (nSPS) is 27.3. The van der Waals surface area contributed by atoms with Crippen LogP contribution < -0.4 is 5.32 Å². The second kappa shape index (κ2) is 8.16. The van der Waals surface area contributed by atoms with E-state index in [9.17, 15) is 0 Å². The van der Waals surface area contributed by atoms with E-state index < -0.39 is 0 Å². The van der Waals surface area contributed by atoms with E-state index in [4.69, 9.17) is 0 Å². The van der Waals surface area contributed by atoms with Crippen LogP contribution in [0.3, 0.4) is 0 Å². The third-order valence-corrected chi connectivity index (χ3v) is 6.19. The van der Waals surface area contributed by atoms with E-state index in [1.807, 2.05) is 0 Å². The molecule has 2 nitrogen and oxygen atoms in total. The molecule has 2 heteroatoms. The minimum Gasteiger partial charge on any atom is -0.313 e. The Balaban J connectivity index is 1.71. The average molecular weight is 337 g/mol. The third kappa shape index (κ3) is 4.13. The van der Waals surface area contributed by atoms with Crippen molar-refractivity contribution in [2.75, 3.05) is 20.1 Å². The van der Waals surface area contributed by atoms with Gasteiger partial charge in [0.15, 0.2) is 0 Å². The molecular formula is C23H32N2. The molecule has 0 amide bonds. The molecule has 0 saturated carbocycles. The molecule has 134 valence electrons. The minimum atomic E-state index is 0.275. The molecule has 0 radical (unpaired) electrons. The van der Waals surface area contributed by atoms with Gasteiger partial charge in [-0.2, -0.15) is 0 Å². The Morgan fingerprint density at radius 1 is 1.00 bits per heavy atom. The van der Waals surface area contributed by atoms with Gasteiger partial charge in [0.05, 0.1) is 0 Å². The number of benzene rings is 2. The molecule has 0 bridgehead atoms. The zero-order valence-electron chi connectivity index (χ0n) is 15.9. The molecule has 3 unspecified atom stereocenters. The van der Waals surface area contributed by atoms with Crippen LogP contribution in [-0.2, 0) is 12.0 Å². The molecule has 0 aliphatic carbocycles. The maximum Gasteiger partial charge on any atom is 0.0205 e. The SMILES string of the molecule is CC1CC(CCNCc2ccccc2)(c2ccccc2)C(C)CN1C. The molecule has 1 aliphatic rings. The fraction of sp³-hybridized carbons (Fsp3) is 0.478. The second-order valence-corrected chi connectivity index (χ2v) is 7.83. The van der Waals surface area contributed by atoms with E-state index in [1.54, 1.807) is 0 Å². The number of piperidine rings is 1. The molecule has 25 heavy (non-hydrogen) atoms. The molecule has 3 rings (SSSR count). The predicted octanol–water partition coefficient (Wildman–Crippen LogP) is 4.46. The largest absolute Gasteiger partial charge is 0.313 e. The van der Waals surface area contributed by atoms with Crippen molar-refractivity contribution in [3.8, 4) is 0 Å². The van der Waals surface area contributed by atoms with Gasteiger partial charge >= 0.3 is 0 Å². The monoisotopic (exact) mass is 336 g/mol. The maximum absolute atomic E-state index is 3.68. The molecule has 2 aromatic carbocycles. The lowest BCUT2D eigenvalue weighted by Gasteiger charge is -2.50. The van der Waals surface area contributed by atoms with Gasteiger partial charge < -0.3 is 10.2 Å². The molecule has 3 atom stereocenters. The Labute approximate surface area is 153 Å². The van der Waals surface area contributed by atoms with Crippen molar-refractivity contribution in [3.05, 3.63) is 71.8 Å². The summed E-state index contributed by atoms with van der Waals surface area (Å²) in [6.45, 7) is 8.00. The zero-order valence-corrected chi connectivity index (χ0v) is 15.9. The van der Waals surface area contributed by atoms with Gasteiger partial charge in [0, 0.05) is 24.5 Å². The Hall–Kier alpha value is -1.64. The lowest BCUT2D eigenvalue weighted by Crippen LogP contribution is -2.52. The van der Waals surface area contributed by atoms with Crippen LogP contribution in [0.5, 0.6) is 0 Å². The van der Waals surface area contributed by atoms with Gasteiger partial charge in [-0.1, -0.05) is 67.6 Å². The van der Waals surface area contributed by atoms with Crippen molar-refractivity contribution < 1.29 is 0 Å². The molecular weight excluding hydrogens is 304 g/mol. The van der Waals surface area contributed by atoms with E-state index in [1.165, 1.54) is 30.5 Å². The van der Waals surface area contributed by atoms with Crippen LogP contribution in [0, 0.1) is 5.92 Å². The second-order valence-electron chi connectivity index (χ2n) is 7.83. The predicted molar refractivity (Wildman–Crippen MR) is 107 cm³/mol. The van der Waals surface area contributed by atoms with E-state index in [0.29, 0.717) is 12.0 Å². The summed E-state index contributed by atoms with van der Waals surface area (Å²) < 4.78 is 0. The Morgan fingerprint density at radius 3 is 2.32 bits per heavy atom. The first kappa shape index (κ1) is 18.2. The number of nitrogens with zero attached hydrogens (tertiary/aromatic N) is 1. The van der Waals surface area contributed by atoms with Gasteiger partial charge in [-0.25, -0.2) is 0 Å². The van der Waals surface area contributed by atoms with Crippen LogP contribution in [0.4, 0.5) is 0 Å². The Bertz CT molecular complexity index is 640. The van der Waals surface area contributed by atoms with Crippen LogP contribution in [-0.4, -0.2) is 31.1 Å². The highest BCUT2D eigenvalue weighted by atomic mass is 15.1. The first-order chi connectivity index (χ1) is 12.1. The van der Waals surface area contributed by atoms with Gasteiger partial charge in [0.2, 0.25) is 0 Å². The summed E-state index contributed by atoms with van der Waals surface area (Å²) in [5.74, 6) is 0.662. The number of rotatable bonds is 6. The molecule has 1 N–H and O–H groups in total. The van der Waals surface area contributed by atoms with Crippen molar-refractivity contribution in [2.24, 2.45) is 5.92 Å². The van der Waals surface area contributed by atoms with Gasteiger partial charge in [-0.05, 0) is 50.4 Å². The van der Waals surface area contributed by atoms with Crippen LogP contribution in [0.2, 0.25) is 0 Å². The summed E-state index contributed by atoms with van der Waals surface area (Å²) in [6.07, 6.45) is 2.44. The lowest BCUT2D eigenvalue weighted by molar-refractivity contribution is 0.0689. The molecule has 1 fully saturated rings. The van der Waals surface area contributed by atoms with Crippen LogP contribution in [0.15, 0.2) is 60.7 Å². The standard InChI is InChI=1S/C23H32N2/c1-19-18-25(3)20(2)16-23(19,22-12-8-5-9-13-22)14-15-24-17-21-10-6-4-7-11-21/h4-13,19-20,24H,14-18H2,1-3H3. The first-order valence-electron chi connectivity index (χ1n) is 9.62. The number of nitrogens with one attached hydrogen (secondary N) is 1. The number of hydrogen-bond donors (Lipinski definition) is 1. The number of likely N-dealkylation sites (tertiary alicyclic amines) is 1. The molecule has 0 spiro atoms. The fourth-order valence-electron chi connectivity index (χ4n) is 4.48. The molecule has 1 heterocycles. The number of hydrogen-bond acceptors (Lipinski definition) is 2. The molecule has 0 aromatic heterocycles. The van der Waals surface area contributed by atoms with Crippen LogP contribution in [0.1, 0.15) is 37.8 Å². The maximum atomic E-state index is 3.68. The summed E-state index contributed by atoms with van der Waals surface area (Å²) in [7, 11) is 2.27. The van der Waals surface area contributed by atoms with E-state index in [-0.39, 0.29) is 5.41 Å².